The monoisotopic (exact) mass is 401 g/mol. The standard InChI is InChI=1S/C20H27N5O2S/c1-14-6-3-4-12-25(14)13-5-11-21-18(26)16-7-9-17(10-8-16)22-19(27)20-24-23-15(2)28-20/h7-10,14H,3-6,11-13H2,1-2H3,(H,21,26)(H,22,27)/t14-/m1/s1. The van der Waals surface area contributed by atoms with Crippen LogP contribution in [0.4, 0.5) is 5.69 Å². The van der Waals surface area contributed by atoms with Crippen molar-refractivity contribution in [2.24, 2.45) is 0 Å². The van der Waals surface area contributed by atoms with Crippen LogP contribution >= 0.6 is 11.3 Å². The van der Waals surface area contributed by atoms with E-state index in [-0.39, 0.29) is 11.8 Å². The lowest BCUT2D eigenvalue weighted by molar-refractivity contribution is 0.0948. The van der Waals surface area contributed by atoms with Gasteiger partial charge < -0.3 is 15.5 Å². The van der Waals surface area contributed by atoms with E-state index in [1.165, 1.54) is 37.1 Å². The van der Waals surface area contributed by atoms with Crippen LogP contribution in [-0.4, -0.2) is 52.6 Å². The zero-order valence-corrected chi connectivity index (χ0v) is 17.2. The van der Waals surface area contributed by atoms with Crippen molar-refractivity contribution < 1.29 is 9.59 Å². The van der Waals surface area contributed by atoms with Crippen molar-refractivity contribution in [2.45, 2.75) is 45.6 Å². The smallest absolute Gasteiger partial charge is 0.286 e. The number of aryl methyl sites for hydroxylation is 1. The Morgan fingerprint density at radius 3 is 2.64 bits per heavy atom. The number of anilines is 1. The van der Waals surface area contributed by atoms with E-state index in [0.29, 0.717) is 28.8 Å². The van der Waals surface area contributed by atoms with Crippen molar-refractivity contribution >= 4 is 28.8 Å². The van der Waals surface area contributed by atoms with Gasteiger partial charge in [-0.05, 0) is 63.9 Å². The van der Waals surface area contributed by atoms with Gasteiger partial charge in [0.05, 0.1) is 0 Å². The molecule has 0 aliphatic carbocycles. The number of amides is 2. The molecule has 1 saturated heterocycles. The van der Waals surface area contributed by atoms with Crippen molar-refractivity contribution in [1.82, 2.24) is 20.4 Å². The molecule has 0 unspecified atom stereocenters. The van der Waals surface area contributed by atoms with Gasteiger partial charge in [0.15, 0.2) is 0 Å². The lowest BCUT2D eigenvalue weighted by atomic mass is 10.0. The third kappa shape index (κ3) is 5.59. The SMILES string of the molecule is Cc1nnc(C(=O)Nc2ccc(C(=O)NCCCN3CCCC[C@H]3C)cc2)s1. The Kier molecular flexibility index (Phi) is 7.11. The first-order valence-corrected chi connectivity index (χ1v) is 10.6. The van der Waals surface area contributed by atoms with E-state index in [0.717, 1.165) is 18.0 Å². The van der Waals surface area contributed by atoms with Crippen molar-refractivity contribution in [3.63, 3.8) is 0 Å². The van der Waals surface area contributed by atoms with Gasteiger partial charge >= 0.3 is 0 Å². The number of carbonyl (C=O) groups excluding carboxylic acids is 2. The minimum absolute atomic E-state index is 0.0932. The first kappa shape index (κ1) is 20.4. The second-order valence-electron chi connectivity index (χ2n) is 7.15. The highest BCUT2D eigenvalue weighted by atomic mass is 32.1. The fourth-order valence-electron chi connectivity index (χ4n) is 3.35. The summed E-state index contributed by atoms with van der Waals surface area (Å²) < 4.78 is 0. The topological polar surface area (TPSA) is 87.2 Å². The van der Waals surface area contributed by atoms with Crippen LogP contribution in [0.1, 0.15) is 57.8 Å². The molecule has 1 aromatic carbocycles. The molecule has 2 N–H and O–H groups in total. The Morgan fingerprint density at radius 2 is 1.96 bits per heavy atom. The Balaban J connectivity index is 1.42. The van der Waals surface area contributed by atoms with Gasteiger partial charge in [-0.15, -0.1) is 10.2 Å². The molecule has 2 aromatic rings. The summed E-state index contributed by atoms with van der Waals surface area (Å²) in [6.07, 6.45) is 4.82. The van der Waals surface area contributed by atoms with Crippen molar-refractivity contribution in [2.75, 3.05) is 25.0 Å². The lowest BCUT2D eigenvalue weighted by Crippen LogP contribution is -2.39. The number of benzene rings is 1. The molecule has 0 spiro atoms. The number of carbonyl (C=O) groups is 2. The van der Waals surface area contributed by atoms with Gasteiger partial charge in [0, 0.05) is 30.4 Å². The molecule has 1 aromatic heterocycles. The van der Waals surface area contributed by atoms with Gasteiger partial charge in [-0.1, -0.05) is 17.8 Å². The number of likely N-dealkylation sites (tertiary alicyclic amines) is 1. The second kappa shape index (κ2) is 9.75. The Labute approximate surface area is 169 Å². The molecular formula is C20H27N5O2S. The summed E-state index contributed by atoms with van der Waals surface area (Å²) in [5.41, 5.74) is 1.20. The van der Waals surface area contributed by atoms with Gasteiger partial charge in [-0.25, -0.2) is 0 Å². The summed E-state index contributed by atoms with van der Waals surface area (Å²) in [4.78, 5) is 26.9. The number of nitrogens with one attached hydrogen (secondary N) is 2. The number of aromatic nitrogens is 2. The zero-order valence-electron chi connectivity index (χ0n) is 16.4. The number of rotatable bonds is 7. The molecular weight excluding hydrogens is 374 g/mol. The second-order valence-corrected chi connectivity index (χ2v) is 8.33. The van der Waals surface area contributed by atoms with Gasteiger partial charge in [-0.3, -0.25) is 9.59 Å². The average Bonchev–Trinajstić information content (AvgIpc) is 3.13. The quantitative estimate of drug-likeness (QED) is 0.696. The highest BCUT2D eigenvalue weighted by Gasteiger charge is 2.17. The molecule has 28 heavy (non-hydrogen) atoms. The maximum Gasteiger partial charge on any atom is 0.286 e. The van der Waals surface area contributed by atoms with Crippen molar-refractivity contribution in [3.05, 3.63) is 39.8 Å². The van der Waals surface area contributed by atoms with E-state index in [2.05, 4.69) is 32.7 Å². The molecule has 1 aliphatic heterocycles. The maximum atomic E-state index is 12.3. The lowest BCUT2D eigenvalue weighted by Gasteiger charge is -2.33. The van der Waals surface area contributed by atoms with Crippen molar-refractivity contribution in [1.29, 1.82) is 0 Å². The summed E-state index contributed by atoms with van der Waals surface area (Å²) in [6, 6.07) is 7.51. The summed E-state index contributed by atoms with van der Waals surface area (Å²) in [5, 5.41) is 14.5. The largest absolute Gasteiger partial charge is 0.352 e. The highest BCUT2D eigenvalue weighted by molar-refractivity contribution is 7.13. The number of hydrogen-bond acceptors (Lipinski definition) is 6. The summed E-state index contributed by atoms with van der Waals surface area (Å²) >= 11 is 1.24. The first-order valence-electron chi connectivity index (χ1n) is 9.76. The van der Waals surface area contributed by atoms with Gasteiger partial charge in [0.25, 0.3) is 11.8 Å². The summed E-state index contributed by atoms with van der Waals surface area (Å²) in [7, 11) is 0. The van der Waals surface area contributed by atoms with Crippen LogP contribution in [0.2, 0.25) is 0 Å². The van der Waals surface area contributed by atoms with Crippen LogP contribution in [0, 0.1) is 6.92 Å². The van der Waals surface area contributed by atoms with E-state index < -0.39 is 0 Å². The van der Waals surface area contributed by atoms with Gasteiger partial charge in [0.1, 0.15) is 5.01 Å². The third-order valence-electron chi connectivity index (χ3n) is 4.97. The molecule has 2 heterocycles. The molecule has 1 fully saturated rings. The number of nitrogens with zero attached hydrogens (tertiary/aromatic N) is 3. The summed E-state index contributed by atoms with van der Waals surface area (Å²) in [6.45, 7) is 6.94. The Morgan fingerprint density at radius 1 is 1.18 bits per heavy atom. The maximum absolute atomic E-state index is 12.3. The van der Waals surface area contributed by atoms with Crippen LogP contribution in [0.5, 0.6) is 0 Å². The average molecular weight is 402 g/mol. The van der Waals surface area contributed by atoms with E-state index >= 15 is 0 Å². The molecule has 150 valence electrons. The molecule has 2 amide bonds. The van der Waals surface area contributed by atoms with Crippen LogP contribution in [0.15, 0.2) is 24.3 Å². The fourth-order valence-corrected chi connectivity index (χ4v) is 3.94. The molecule has 1 aliphatic rings. The third-order valence-corrected chi connectivity index (χ3v) is 5.81. The normalized spacial score (nSPS) is 17.3. The zero-order chi connectivity index (χ0) is 19.9. The van der Waals surface area contributed by atoms with Crippen LogP contribution in [0.3, 0.4) is 0 Å². The molecule has 0 radical (unpaired) electrons. The van der Waals surface area contributed by atoms with E-state index in [1.54, 1.807) is 31.2 Å². The molecule has 1 atom stereocenters. The van der Waals surface area contributed by atoms with E-state index in [9.17, 15) is 9.59 Å². The van der Waals surface area contributed by atoms with Crippen LogP contribution in [0.25, 0.3) is 0 Å². The van der Waals surface area contributed by atoms with Gasteiger partial charge in [0.2, 0.25) is 5.01 Å². The molecule has 3 rings (SSSR count). The van der Waals surface area contributed by atoms with Gasteiger partial charge in [-0.2, -0.15) is 0 Å². The van der Waals surface area contributed by atoms with Crippen LogP contribution < -0.4 is 10.6 Å². The predicted molar refractivity (Wildman–Crippen MR) is 111 cm³/mol. The predicted octanol–water partition coefficient (Wildman–Crippen LogP) is 3.09. The van der Waals surface area contributed by atoms with Crippen molar-refractivity contribution in [3.8, 4) is 0 Å². The van der Waals surface area contributed by atoms with E-state index in [4.69, 9.17) is 0 Å². The molecule has 7 nitrogen and oxygen atoms in total. The Hall–Kier alpha value is -2.32. The molecule has 8 heteroatoms. The number of hydrogen-bond donors (Lipinski definition) is 2. The highest BCUT2D eigenvalue weighted by Crippen LogP contribution is 2.16. The van der Waals surface area contributed by atoms with Crippen LogP contribution in [-0.2, 0) is 0 Å². The summed E-state index contributed by atoms with van der Waals surface area (Å²) in [5.74, 6) is -0.390. The molecule has 0 bridgehead atoms. The Bertz CT molecular complexity index is 805. The van der Waals surface area contributed by atoms with E-state index in [1.807, 2.05) is 0 Å². The number of piperidine rings is 1. The first-order chi connectivity index (χ1) is 13.5. The minimum atomic E-state index is -0.297. The minimum Gasteiger partial charge on any atom is -0.352 e. The molecule has 0 saturated carbocycles. The fraction of sp³-hybridized carbons (Fsp3) is 0.500.